The fourth-order valence-electron chi connectivity index (χ4n) is 1.72. The SMILES string of the molecule is Cc1c(Oc2ccc([N+](=O)[O-])cc2)cccc1C(=O)O. The summed E-state index contributed by atoms with van der Waals surface area (Å²) in [5.41, 5.74) is 0.621. The van der Waals surface area contributed by atoms with Crippen molar-refractivity contribution in [2.45, 2.75) is 6.92 Å². The lowest BCUT2D eigenvalue weighted by Crippen LogP contribution is -2.00. The number of hydrogen-bond acceptors (Lipinski definition) is 4. The number of carbonyl (C=O) groups is 1. The molecule has 20 heavy (non-hydrogen) atoms. The number of non-ortho nitro benzene ring substituents is 1. The summed E-state index contributed by atoms with van der Waals surface area (Å²) in [7, 11) is 0. The molecular weight excluding hydrogens is 262 g/mol. The Balaban J connectivity index is 2.28. The Kier molecular flexibility index (Phi) is 3.65. The lowest BCUT2D eigenvalue weighted by atomic mass is 10.1. The summed E-state index contributed by atoms with van der Waals surface area (Å²) in [5, 5.41) is 19.6. The summed E-state index contributed by atoms with van der Waals surface area (Å²) < 4.78 is 5.55. The summed E-state index contributed by atoms with van der Waals surface area (Å²) in [6, 6.07) is 10.3. The maximum absolute atomic E-state index is 11.0. The number of aromatic carboxylic acids is 1. The third-order valence-electron chi connectivity index (χ3n) is 2.79. The number of benzene rings is 2. The van der Waals surface area contributed by atoms with Gasteiger partial charge in [0.25, 0.3) is 5.69 Å². The molecule has 0 aromatic heterocycles. The second-order valence-corrected chi connectivity index (χ2v) is 4.09. The van der Waals surface area contributed by atoms with Crippen LogP contribution in [0.4, 0.5) is 5.69 Å². The number of hydrogen-bond donors (Lipinski definition) is 1. The van der Waals surface area contributed by atoms with Gasteiger partial charge in [0.1, 0.15) is 11.5 Å². The monoisotopic (exact) mass is 273 g/mol. The molecule has 0 radical (unpaired) electrons. The minimum absolute atomic E-state index is 0.0339. The molecule has 6 heteroatoms. The van der Waals surface area contributed by atoms with Gasteiger partial charge in [0.15, 0.2) is 0 Å². The molecule has 0 saturated heterocycles. The molecule has 0 saturated carbocycles. The van der Waals surface area contributed by atoms with Crippen LogP contribution in [0.5, 0.6) is 11.5 Å². The first-order valence-electron chi connectivity index (χ1n) is 5.74. The molecule has 6 nitrogen and oxygen atoms in total. The Morgan fingerprint density at radius 3 is 2.40 bits per heavy atom. The van der Waals surface area contributed by atoms with Crippen molar-refractivity contribution in [3.63, 3.8) is 0 Å². The average molecular weight is 273 g/mol. The van der Waals surface area contributed by atoms with E-state index in [1.54, 1.807) is 19.1 Å². The van der Waals surface area contributed by atoms with Gasteiger partial charge in [0.05, 0.1) is 10.5 Å². The molecule has 0 unspecified atom stereocenters. The van der Waals surface area contributed by atoms with Crippen molar-refractivity contribution in [1.29, 1.82) is 0 Å². The highest BCUT2D eigenvalue weighted by Gasteiger charge is 2.12. The van der Waals surface area contributed by atoms with E-state index in [1.807, 2.05) is 0 Å². The molecule has 0 aliphatic heterocycles. The maximum Gasteiger partial charge on any atom is 0.336 e. The number of nitrogens with zero attached hydrogens (tertiary/aromatic N) is 1. The van der Waals surface area contributed by atoms with Gasteiger partial charge in [0, 0.05) is 17.7 Å². The van der Waals surface area contributed by atoms with Crippen molar-refractivity contribution in [1.82, 2.24) is 0 Å². The van der Waals surface area contributed by atoms with Gasteiger partial charge in [0.2, 0.25) is 0 Å². The number of carboxylic acid groups (broad SMARTS) is 1. The van der Waals surface area contributed by atoms with Crippen LogP contribution in [-0.2, 0) is 0 Å². The fraction of sp³-hybridized carbons (Fsp3) is 0.0714. The highest BCUT2D eigenvalue weighted by atomic mass is 16.6. The molecule has 102 valence electrons. The third kappa shape index (κ3) is 2.74. The first-order valence-corrected chi connectivity index (χ1v) is 5.74. The van der Waals surface area contributed by atoms with E-state index in [2.05, 4.69) is 0 Å². The molecule has 1 N–H and O–H groups in total. The number of rotatable bonds is 4. The summed E-state index contributed by atoms with van der Waals surface area (Å²) in [6.07, 6.45) is 0. The number of nitro benzene ring substituents is 1. The lowest BCUT2D eigenvalue weighted by Gasteiger charge is -2.10. The van der Waals surface area contributed by atoms with Crippen molar-refractivity contribution in [3.8, 4) is 11.5 Å². The molecule has 2 rings (SSSR count). The van der Waals surface area contributed by atoms with E-state index in [0.717, 1.165) is 0 Å². The van der Waals surface area contributed by atoms with Crippen molar-refractivity contribution in [3.05, 3.63) is 63.7 Å². The predicted octanol–water partition coefficient (Wildman–Crippen LogP) is 3.39. The zero-order chi connectivity index (χ0) is 14.7. The maximum atomic E-state index is 11.0. The Morgan fingerprint density at radius 2 is 1.85 bits per heavy atom. The topological polar surface area (TPSA) is 89.7 Å². The van der Waals surface area contributed by atoms with Gasteiger partial charge in [-0.3, -0.25) is 10.1 Å². The largest absolute Gasteiger partial charge is 0.478 e. The molecule has 0 amide bonds. The van der Waals surface area contributed by atoms with Gasteiger partial charge in [-0.2, -0.15) is 0 Å². The van der Waals surface area contributed by atoms with Crippen molar-refractivity contribution < 1.29 is 19.6 Å². The summed E-state index contributed by atoms with van der Waals surface area (Å²) in [4.78, 5) is 21.1. The predicted molar refractivity (Wildman–Crippen MR) is 71.3 cm³/mol. The fourth-order valence-corrected chi connectivity index (χ4v) is 1.72. The number of carboxylic acids is 1. The molecule has 0 bridgehead atoms. The Hall–Kier alpha value is -2.89. The van der Waals surface area contributed by atoms with Gasteiger partial charge in [-0.1, -0.05) is 6.07 Å². The molecule has 0 spiro atoms. The normalized spacial score (nSPS) is 10.1. The van der Waals surface area contributed by atoms with E-state index >= 15 is 0 Å². The van der Waals surface area contributed by atoms with E-state index in [0.29, 0.717) is 17.1 Å². The highest BCUT2D eigenvalue weighted by Crippen LogP contribution is 2.28. The van der Waals surface area contributed by atoms with Crippen molar-refractivity contribution in [2.24, 2.45) is 0 Å². The minimum Gasteiger partial charge on any atom is -0.478 e. The molecule has 2 aromatic carbocycles. The van der Waals surface area contributed by atoms with Crippen LogP contribution >= 0.6 is 0 Å². The van der Waals surface area contributed by atoms with Gasteiger partial charge < -0.3 is 9.84 Å². The Bertz CT molecular complexity index is 664. The molecule has 2 aromatic rings. The minimum atomic E-state index is -1.03. The number of nitro groups is 1. The second-order valence-electron chi connectivity index (χ2n) is 4.09. The second kappa shape index (κ2) is 5.40. The molecule has 0 heterocycles. The van der Waals surface area contributed by atoms with Crippen LogP contribution in [0.3, 0.4) is 0 Å². The lowest BCUT2D eigenvalue weighted by molar-refractivity contribution is -0.384. The third-order valence-corrected chi connectivity index (χ3v) is 2.79. The molecule has 0 aliphatic carbocycles. The van der Waals surface area contributed by atoms with E-state index in [9.17, 15) is 14.9 Å². The summed E-state index contributed by atoms with van der Waals surface area (Å²) >= 11 is 0. The summed E-state index contributed by atoms with van der Waals surface area (Å²) in [5.74, 6) is -0.225. The highest BCUT2D eigenvalue weighted by molar-refractivity contribution is 5.90. The van der Waals surface area contributed by atoms with Crippen LogP contribution in [0.15, 0.2) is 42.5 Å². The van der Waals surface area contributed by atoms with Gasteiger partial charge in [-0.25, -0.2) is 4.79 Å². The van der Waals surface area contributed by atoms with Crippen LogP contribution in [0.1, 0.15) is 15.9 Å². The zero-order valence-electron chi connectivity index (χ0n) is 10.6. The van der Waals surface area contributed by atoms with Crippen LogP contribution in [-0.4, -0.2) is 16.0 Å². The van der Waals surface area contributed by atoms with E-state index in [4.69, 9.17) is 9.84 Å². The quantitative estimate of drug-likeness (QED) is 0.681. The molecule has 0 aliphatic rings. The first-order chi connectivity index (χ1) is 9.49. The van der Waals surface area contributed by atoms with Gasteiger partial charge in [-0.15, -0.1) is 0 Å². The molecule has 0 atom stereocenters. The smallest absolute Gasteiger partial charge is 0.336 e. The Labute approximate surface area is 114 Å². The standard InChI is InChI=1S/C14H11NO5/c1-9-12(14(16)17)3-2-4-13(9)20-11-7-5-10(6-8-11)15(18)19/h2-8H,1H3,(H,16,17). The van der Waals surface area contributed by atoms with E-state index in [-0.39, 0.29) is 11.3 Å². The molecular formula is C14H11NO5. The van der Waals surface area contributed by atoms with Crippen molar-refractivity contribution >= 4 is 11.7 Å². The van der Waals surface area contributed by atoms with E-state index < -0.39 is 10.9 Å². The Morgan fingerprint density at radius 1 is 1.20 bits per heavy atom. The first kappa shape index (κ1) is 13.5. The van der Waals surface area contributed by atoms with Crippen LogP contribution in [0, 0.1) is 17.0 Å². The zero-order valence-corrected chi connectivity index (χ0v) is 10.6. The average Bonchev–Trinajstić information content (AvgIpc) is 2.41. The molecule has 0 fully saturated rings. The van der Waals surface area contributed by atoms with Crippen LogP contribution in [0.2, 0.25) is 0 Å². The van der Waals surface area contributed by atoms with Crippen molar-refractivity contribution in [2.75, 3.05) is 0 Å². The van der Waals surface area contributed by atoms with E-state index in [1.165, 1.54) is 30.3 Å². The van der Waals surface area contributed by atoms with Gasteiger partial charge >= 0.3 is 5.97 Å². The van der Waals surface area contributed by atoms with Crippen LogP contribution < -0.4 is 4.74 Å². The summed E-state index contributed by atoms with van der Waals surface area (Å²) in [6.45, 7) is 1.64. The number of ether oxygens (including phenoxy) is 1. The van der Waals surface area contributed by atoms with Gasteiger partial charge in [-0.05, 0) is 31.2 Å². The van der Waals surface area contributed by atoms with Crippen LogP contribution in [0.25, 0.3) is 0 Å².